The Labute approximate surface area is 75.0 Å². The highest BCUT2D eigenvalue weighted by Crippen LogP contribution is 2.20. The first-order valence-corrected chi connectivity index (χ1v) is 3.78. The molecule has 0 aliphatic carbocycles. The van der Waals surface area contributed by atoms with Crippen molar-refractivity contribution in [2.75, 3.05) is 11.9 Å². The molecule has 0 saturated carbocycles. The number of hydrogen-bond donors (Lipinski definition) is 2. The highest BCUT2D eigenvalue weighted by Gasteiger charge is 1.99. The average molecular weight is 186 g/mol. The Morgan fingerprint density at radius 2 is 2.17 bits per heavy atom. The highest BCUT2D eigenvalue weighted by molar-refractivity contribution is 6.64. The fourth-order valence-electron chi connectivity index (χ4n) is 0.788. The zero-order valence-electron chi connectivity index (χ0n) is 6.25. The smallest absolute Gasteiger partial charge is 0.240 e. The number of rotatable bonds is 3. The zero-order chi connectivity index (χ0) is 8.97. The molecule has 0 saturated heterocycles. The van der Waals surface area contributed by atoms with E-state index < -0.39 is 5.24 Å². The first-order chi connectivity index (χ1) is 5.70. The van der Waals surface area contributed by atoms with Crippen LogP contribution in [-0.4, -0.2) is 16.9 Å². The van der Waals surface area contributed by atoms with Gasteiger partial charge >= 0.3 is 0 Å². The fraction of sp³-hybridized carbons (Fsp3) is 0.125. The maximum absolute atomic E-state index is 10.3. The van der Waals surface area contributed by atoms with Crippen molar-refractivity contribution < 1.29 is 9.90 Å². The van der Waals surface area contributed by atoms with Gasteiger partial charge in [-0.05, 0) is 23.7 Å². The molecule has 0 bridgehead atoms. The van der Waals surface area contributed by atoms with Gasteiger partial charge in [0.05, 0.1) is 12.2 Å². The number of nitrogens with one attached hydrogen (secondary N) is 1. The van der Waals surface area contributed by atoms with Gasteiger partial charge in [-0.25, -0.2) is 0 Å². The summed E-state index contributed by atoms with van der Waals surface area (Å²) in [7, 11) is 0. The second-order valence-electron chi connectivity index (χ2n) is 2.23. The van der Waals surface area contributed by atoms with E-state index in [1.54, 1.807) is 18.2 Å². The third kappa shape index (κ3) is 2.43. The van der Waals surface area contributed by atoms with Gasteiger partial charge in [-0.3, -0.25) is 4.79 Å². The van der Waals surface area contributed by atoms with Crippen molar-refractivity contribution in [2.45, 2.75) is 0 Å². The van der Waals surface area contributed by atoms with E-state index in [1.807, 2.05) is 0 Å². The Balaban J connectivity index is 2.63. The maximum atomic E-state index is 10.3. The van der Waals surface area contributed by atoms with Crippen molar-refractivity contribution >= 4 is 22.5 Å². The van der Waals surface area contributed by atoms with Crippen LogP contribution in [0.25, 0.3) is 0 Å². The molecule has 0 radical (unpaired) electrons. The van der Waals surface area contributed by atoms with E-state index >= 15 is 0 Å². The first-order valence-electron chi connectivity index (χ1n) is 3.40. The lowest BCUT2D eigenvalue weighted by Gasteiger charge is -2.04. The molecule has 2 N–H and O–H groups in total. The van der Waals surface area contributed by atoms with Gasteiger partial charge in [0.2, 0.25) is 5.24 Å². The molecule has 0 aromatic heterocycles. The predicted octanol–water partition coefficient (Wildman–Crippen LogP) is 1.57. The summed E-state index contributed by atoms with van der Waals surface area (Å²) in [5.74, 6) is 0.107. The quantitative estimate of drug-likeness (QED) is 0.555. The van der Waals surface area contributed by atoms with Gasteiger partial charge < -0.3 is 10.4 Å². The Kier molecular flexibility index (Phi) is 2.94. The number of halogens is 1. The van der Waals surface area contributed by atoms with Crippen LogP contribution in [0, 0.1) is 0 Å². The third-order valence-electron chi connectivity index (χ3n) is 1.32. The highest BCUT2D eigenvalue weighted by atomic mass is 35.5. The van der Waals surface area contributed by atoms with Gasteiger partial charge in [-0.2, -0.15) is 0 Å². The van der Waals surface area contributed by atoms with E-state index in [0.29, 0.717) is 5.69 Å². The van der Waals surface area contributed by atoms with E-state index in [0.717, 1.165) is 0 Å². The molecule has 0 aliphatic rings. The number of para-hydroxylation sites is 2. The Hall–Kier alpha value is -1.22. The maximum Gasteiger partial charge on any atom is 0.240 e. The summed E-state index contributed by atoms with van der Waals surface area (Å²) in [6.07, 6.45) is 0. The lowest BCUT2D eigenvalue weighted by Crippen LogP contribution is -2.07. The van der Waals surface area contributed by atoms with Crippen LogP contribution in [-0.2, 0) is 4.79 Å². The van der Waals surface area contributed by atoms with Crippen LogP contribution < -0.4 is 5.32 Å². The fourth-order valence-corrected chi connectivity index (χ4v) is 0.855. The molecule has 0 spiro atoms. The summed E-state index contributed by atoms with van der Waals surface area (Å²) < 4.78 is 0. The second-order valence-corrected chi connectivity index (χ2v) is 2.65. The van der Waals surface area contributed by atoms with E-state index in [1.165, 1.54) is 6.07 Å². The van der Waals surface area contributed by atoms with Crippen molar-refractivity contribution in [3.8, 4) is 5.75 Å². The lowest BCUT2D eigenvalue weighted by atomic mass is 10.3. The van der Waals surface area contributed by atoms with E-state index in [2.05, 4.69) is 5.32 Å². The molecule has 1 aromatic carbocycles. The summed E-state index contributed by atoms with van der Waals surface area (Å²) in [4.78, 5) is 10.3. The summed E-state index contributed by atoms with van der Waals surface area (Å²) in [5, 5.41) is 11.4. The Morgan fingerprint density at radius 3 is 2.75 bits per heavy atom. The number of hydrogen-bond acceptors (Lipinski definition) is 3. The van der Waals surface area contributed by atoms with Crippen molar-refractivity contribution in [3.63, 3.8) is 0 Å². The standard InChI is InChI=1S/C8H8ClNO2/c9-8(12)5-10-6-3-1-2-4-7(6)11/h1-4,10-11H,5H2. The minimum atomic E-state index is -0.488. The molecular weight excluding hydrogens is 178 g/mol. The molecule has 0 amide bonds. The van der Waals surface area contributed by atoms with Gasteiger partial charge in [0, 0.05) is 0 Å². The summed E-state index contributed by atoms with van der Waals surface area (Å²) in [6, 6.07) is 6.64. The minimum absolute atomic E-state index is 0.0130. The molecular formula is C8H8ClNO2. The average Bonchev–Trinajstić information content (AvgIpc) is 2.03. The van der Waals surface area contributed by atoms with Crippen LogP contribution in [0.15, 0.2) is 24.3 Å². The van der Waals surface area contributed by atoms with Crippen LogP contribution >= 0.6 is 11.6 Å². The van der Waals surface area contributed by atoms with Crippen LogP contribution in [0.3, 0.4) is 0 Å². The summed E-state index contributed by atoms with van der Waals surface area (Å²) in [6.45, 7) is 0.0130. The molecule has 0 fully saturated rings. The molecule has 1 aromatic rings. The van der Waals surface area contributed by atoms with Crippen molar-refractivity contribution in [1.82, 2.24) is 0 Å². The summed E-state index contributed by atoms with van der Waals surface area (Å²) in [5.41, 5.74) is 0.506. The van der Waals surface area contributed by atoms with Gasteiger partial charge in [0.25, 0.3) is 0 Å². The topological polar surface area (TPSA) is 49.3 Å². The van der Waals surface area contributed by atoms with Gasteiger partial charge in [0.15, 0.2) is 0 Å². The van der Waals surface area contributed by atoms with Crippen LogP contribution in [0.2, 0.25) is 0 Å². The summed E-state index contributed by atoms with van der Waals surface area (Å²) >= 11 is 5.10. The van der Waals surface area contributed by atoms with Crippen molar-refractivity contribution in [1.29, 1.82) is 0 Å². The molecule has 0 atom stereocenters. The van der Waals surface area contributed by atoms with Crippen LogP contribution in [0.1, 0.15) is 0 Å². The van der Waals surface area contributed by atoms with E-state index in [9.17, 15) is 9.90 Å². The van der Waals surface area contributed by atoms with Crippen LogP contribution in [0.4, 0.5) is 5.69 Å². The predicted molar refractivity (Wildman–Crippen MR) is 47.5 cm³/mol. The number of carbonyl (C=O) groups excluding carboxylic acids is 1. The molecule has 12 heavy (non-hydrogen) atoms. The van der Waals surface area contributed by atoms with Crippen molar-refractivity contribution in [3.05, 3.63) is 24.3 Å². The number of aromatic hydroxyl groups is 1. The molecule has 0 aliphatic heterocycles. The minimum Gasteiger partial charge on any atom is -0.506 e. The Morgan fingerprint density at radius 1 is 1.50 bits per heavy atom. The van der Waals surface area contributed by atoms with Gasteiger partial charge in [-0.15, -0.1) is 0 Å². The van der Waals surface area contributed by atoms with Crippen molar-refractivity contribution in [2.24, 2.45) is 0 Å². The number of anilines is 1. The molecule has 1 rings (SSSR count). The molecule has 4 heteroatoms. The number of carbonyl (C=O) groups is 1. The van der Waals surface area contributed by atoms with E-state index in [-0.39, 0.29) is 12.3 Å². The Bertz CT molecular complexity index is 288. The third-order valence-corrected chi connectivity index (χ3v) is 1.46. The monoisotopic (exact) mass is 185 g/mol. The van der Waals surface area contributed by atoms with Crippen LogP contribution in [0.5, 0.6) is 5.75 Å². The molecule has 3 nitrogen and oxygen atoms in total. The first kappa shape index (κ1) is 8.87. The number of benzene rings is 1. The molecule has 64 valence electrons. The van der Waals surface area contributed by atoms with Gasteiger partial charge in [0.1, 0.15) is 5.75 Å². The normalized spacial score (nSPS) is 9.42. The molecule has 0 unspecified atom stereocenters. The second kappa shape index (κ2) is 3.97. The SMILES string of the molecule is O=C(Cl)CNc1ccccc1O. The van der Waals surface area contributed by atoms with E-state index in [4.69, 9.17) is 11.6 Å². The number of phenols is 1. The molecule has 0 heterocycles. The lowest BCUT2D eigenvalue weighted by molar-refractivity contribution is -0.110. The largest absolute Gasteiger partial charge is 0.506 e. The van der Waals surface area contributed by atoms with Gasteiger partial charge in [-0.1, -0.05) is 12.1 Å². The number of phenolic OH excluding ortho intramolecular Hbond substituents is 1. The zero-order valence-corrected chi connectivity index (χ0v) is 7.01.